The highest BCUT2D eigenvalue weighted by Crippen LogP contribution is 2.29. The minimum Gasteiger partial charge on any atom is -0.381 e. The van der Waals surface area contributed by atoms with E-state index in [9.17, 15) is 4.79 Å². The van der Waals surface area contributed by atoms with Crippen LogP contribution in [0.5, 0.6) is 0 Å². The second-order valence-electron chi connectivity index (χ2n) is 7.05. The molecular weight excluding hydrogens is 316 g/mol. The first-order chi connectivity index (χ1) is 12.2. The fraction of sp³-hybridized carbons (Fsp3) is 0.684. The minimum absolute atomic E-state index is 0.0557. The van der Waals surface area contributed by atoms with E-state index in [-0.39, 0.29) is 11.4 Å². The summed E-state index contributed by atoms with van der Waals surface area (Å²) >= 11 is 0. The van der Waals surface area contributed by atoms with Crippen molar-refractivity contribution < 1.29 is 9.53 Å². The Labute approximate surface area is 150 Å². The number of hydrogen-bond donors (Lipinski definition) is 1. The maximum atomic E-state index is 11.8. The summed E-state index contributed by atoms with van der Waals surface area (Å²) in [7, 11) is 0. The highest BCUT2D eigenvalue weighted by Gasteiger charge is 2.39. The summed E-state index contributed by atoms with van der Waals surface area (Å²) in [5.74, 6) is 0.139. The summed E-state index contributed by atoms with van der Waals surface area (Å²) in [5.41, 5.74) is 1.19. The number of carbonyl (C=O) groups is 1. The molecule has 25 heavy (non-hydrogen) atoms. The molecule has 0 atom stereocenters. The molecule has 138 valence electrons. The predicted octanol–water partition coefficient (Wildman–Crippen LogP) is 1.27. The molecule has 0 unspecified atom stereocenters. The van der Waals surface area contributed by atoms with Gasteiger partial charge in [0.2, 0.25) is 5.91 Å². The molecule has 0 aliphatic carbocycles. The number of aromatic nitrogens is 1. The van der Waals surface area contributed by atoms with E-state index in [2.05, 4.69) is 26.2 Å². The van der Waals surface area contributed by atoms with Gasteiger partial charge in [0.15, 0.2) is 0 Å². The molecule has 0 bridgehead atoms. The molecule has 1 N–H and O–H groups in total. The van der Waals surface area contributed by atoms with Crippen LogP contribution in [0.2, 0.25) is 0 Å². The van der Waals surface area contributed by atoms with Crippen LogP contribution in [-0.2, 0) is 16.1 Å². The molecule has 0 radical (unpaired) electrons. The minimum atomic E-state index is 0.0557. The fourth-order valence-corrected chi connectivity index (χ4v) is 3.85. The maximum Gasteiger partial charge on any atom is 0.219 e. The zero-order chi connectivity index (χ0) is 17.5. The molecule has 1 amide bonds. The molecule has 0 saturated carbocycles. The zero-order valence-corrected chi connectivity index (χ0v) is 15.2. The number of ether oxygens (including phenoxy) is 1. The van der Waals surface area contributed by atoms with Crippen LogP contribution in [0, 0.1) is 0 Å². The molecule has 2 fully saturated rings. The molecule has 2 aliphatic heterocycles. The molecular formula is C19H30N4O2. The largest absolute Gasteiger partial charge is 0.381 e. The Hall–Kier alpha value is -1.50. The first-order valence-corrected chi connectivity index (χ1v) is 9.44. The Morgan fingerprint density at radius 1 is 1.24 bits per heavy atom. The summed E-state index contributed by atoms with van der Waals surface area (Å²) in [6, 6.07) is 6.10. The fourth-order valence-electron chi connectivity index (χ4n) is 3.85. The third kappa shape index (κ3) is 4.77. The van der Waals surface area contributed by atoms with Crippen molar-refractivity contribution in [3.05, 3.63) is 30.1 Å². The van der Waals surface area contributed by atoms with E-state index in [1.54, 1.807) is 0 Å². The smallest absolute Gasteiger partial charge is 0.219 e. The van der Waals surface area contributed by atoms with Gasteiger partial charge in [-0.2, -0.15) is 0 Å². The number of amides is 1. The average molecular weight is 346 g/mol. The highest BCUT2D eigenvalue weighted by molar-refractivity contribution is 5.75. The molecule has 0 aromatic carbocycles. The summed E-state index contributed by atoms with van der Waals surface area (Å²) < 4.78 is 5.59. The van der Waals surface area contributed by atoms with Gasteiger partial charge in [-0.1, -0.05) is 13.0 Å². The molecule has 3 heterocycles. The quantitative estimate of drug-likeness (QED) is 0.841. The highest BCUT2D eigenvalue weighted by atomic mass is 16.5. The normalized spacial score (nSPS) is 21.8. The van der Waals surface area contributed by atoms with E-state index < -0.39 is 0 Å². The topological polar surface area (TPSA) is 57.7 Å². The monoisotopic (exact) mass is 346 g/mol. The first kappa shape index (κ1) is 18.3. The maximum absolute atomic E-state index is 11.8. The standard InChI is InChI=1S/C19H30N4O2/c1-2-18(24)21-16-19(6-13-25-14-7-19)23-11-9-22(10-12-23)15-17-5-3-4-8-20-17/h3-5,8H,2,6-7,9-16H2,1H3,(H,21,24). The van der Waals surface area contributed by atoms with E-state index in [4.69, 9.17) is 4.74 Å². The zero-order valence-electron chi connectivity index (χ0n) is 15.2. The SMILES string of the molecule is CCC(=O)NCC1(N2CCN(Cc3ccccn3)CC2)CCOCC1. The molecule has 1 aromatic rings. The van der Waals surface area contributed by atoms with Gasteiger partial charge in [-0.3, -0.25) is 19.6 Å². The van der Waals surface area contributed by atoms with Crippen LogP contribution in [0.1, 0.15) is 31.9 Å². The Morgan fingerprint density at radius 2 is 2.00 bits per heavy atom. The van der Waals surface area contributed by atoms with Crippen molar-refractivity contribution in [2.24, 2.45) is 0 Å². The van der Waals surface area contributed by atoms with Crippen LogP contribution in [-0.4, -0.2) is 72.2 Å². The Bertz CT molecular complexity index is 538. The summed E-state index contributed by atoms with van der Waals surface area (Å²) in [5, 5.41) is 3.13. The van der Waals surface area contributed by atoms with Crippen LogP contribution in [0.15, 0.2) is 24.4 Å². The van der Waals surface area contributed by atoms with Crippen LogP contribution >= 0.6 is 0 Å². The van der Waals surface area contributed by atoms with Crippen LogP contribution in [0.25, 0.3) is 0 Å². The summed E-state index contributed by atoms with van der Waals surface area (Å²) in [6.07, 6.45) is 4.40. The number of piperazine rings is 1. The number of nitrogens with zero attached hydrogens (tertiary/aromatic N) is 3. The van der Waals surface area contributed by atoms with Gasteiger partial charge in [-0.25, -0.2) is 0 Å². The van der Waals surface area contributed by atoms with E-state index in [0.29, 0.717) is 6.42 Å². The molecule has 2 saturated heterocycles. The van der Waals surface area contributed by atoms with E-state index in [1.165, 1.54) is 0 Å². The number of rotatable bonds is 6. The van der Waals surface area contributed by atoms with E-state index in [1.807, 2.05) is 25.3 Å². The Balaban J connectivity index is 1.57. The van der Waals surface area contributed by atoms with Gasteiger partial charge in [0, 0.05) is 70.6 Å². The van der Waals surface area contributed by atoms with Crippen molar-refractivity contribution >= 4 is 5.91 Å². The lowest BCUT2D eigenvalue weighted by Gasteiger charge is -2.49. The summed E-state index contributed by atoms with van der Waals surface area (Å²) in [6.45, 7) is 9.29. The molecule has 2 aliphatic rings. The summed E-state index contributed by atoms with van der Waals surface area (Å²) in [4.78, 5) is 21.2. The molecule has 6 heteroatoms. The van der Waals surface area contributed by atoms with Gasteiger partial charge in [-0.15, -0.1) is 0 Å². The average Bonchev–Trinajstić information content (AvgIpc) is 2.68. The van der Waals surface area contributed by atoms with Gasteiger partial charge in [0.25, 0.3) is 0 Å². The van der Waals surface area contributed by atoms with E-state index >= 15 is 0 Å². The van der Waals surface area contributed by atoms with Crippen LogP contribution in [0.4, 0.5) is 0 Å². The Morgan fingerprint density at radius 3 is 2.64 bits per heavy atom. The predicted molar refractivity (Wildman–Crippen MR) is 97.2 cm³/mol. The van der Waals surface area contributed by atoms with Gasteiger partial charge >= 0.3 is 0 Å². The van der Waals surface area contributed by atoms with Crippen molar-refractivity contribution in [1.82, 2.24) is 20.1 Å². The van der Waals surface area contributed by atoms with Crippen molar-refractivity contribution in [2.75, 3.05) is 45.9 Å². The molecule has 6 nitrogen and oxygen atoms in total. The Kier molecular flexibility index (Phi) is 6.39. The van der Waals surface area contributed by atoms with Crippen molar-refractivity contribution in [1.29, 1.82) is 0 Å². The van der Waals surface area contributed by atoms with Gasteiger partial charge in [0.1, 0.15) is 0 Å². The number of pyridine rings is 1. The van der Waals surface area contributed by atoms with Crippen molar-refractivity contribution in [3.63, 3.8) is 0 Å². The van der Waals surface area contributed by atoms with Gasteiger partial charge in [-0.05, 0) is 25.0 Å². The molecule has 3 rings (SSSR count). The van der Waals surface area contributed by atoms with E-state index in [0.717, 1.165) is 71.0 Å². The lowest BCUT2D eigenvalue weighted by Crippen LogP contribution is -2.63. The van der Waals surface area contributed by atoms with Gasteiger partial charge in [0.05, 0.1) is 5.69 Å². The second kappa shape index (κ2) is 8.74. The second-order valence-corrected chi connectivity index (χ2v) is 7.05. The third-order valence-corrected chi connectivity index (χ3v) is 5.51. The van der Waals surface area contributed by atoms with Crippen LogP contribution in [0.3, 0.4) is 0 Å². The van der Waals surface area contributed by atoms with Crippen molar-refractivity contribution in [3.8, 4) is 0 Å². The van der Waals surface area contributed by atoms with Crippen LogP contribution < -0.4 is 5.32 Å². The van der Waals surface area contributed by atoms with Crippen molar-refractivity contribution in [2.45, 2.75) is 38.3 Å². The van der Waals surface area contributed by atoms with Gasteiger partial charge < -0.3 is 10.1 Å². The third-order valence-electron chi connectivity index (χ3n) is 5.51. The lowest BCUT2D eigenvalue weighted by atomic mass is 9.87. The first-order valence-electron chi connectivity index (χ1n) is 9.44. The number of hydrogen-bond acceptors (Lipinski definition) is 5. The number of carbonyl (C=O) groups excluding carboxylic acids is 1. The lowest BCUT2D eigenvalue weighted by molar-refractivity contribution is -0.122. The number of nitrogens with one attached hydrogen (secondary N) is 1. The molecule has 0 spiro atoms. The molecule has 1 aromatic heterocycles.